The molecule has 1 N–H and O–H groups in total. The minimum absolute atomic E-state index is 0.108. The van der Waals surface area contributed by atoms with Crippen molar-refractivity contribution in [3.8, 4) is 0 Å². The molecule has 2 heterocycles. The van der Waals surface area contributed by atoms with Crippen molar-refractivity contribution in [2.24, 2.45) is 5.92 Å². The molecule has 1 atom stereocenters. The molecular weight excluding hydrogens is 464 g/mol. The lowest BCUT2D eigenvalue weighted by molar-refractivity contribution is -0.127. The zero-order chi connectivity index (χ0) is 24.8. The Balaban J connectivity index is 1.74. The van der Waals surface area contributed by atoms with Gasteiger partial charge in [0.05, 0.1) is 5.52 Å². The van der Waals surface area contributed by atoms with Crippen molar-refractivity contribution in [2.45, 2.75) is 32.9 Å². The molecule has 8 nitrogen and oxygen atoms in total. The van der Waals surface area contributed by atoms with Gasteiger partial charge in [-0.1, -0.05) is 54.9 Å². The van der Waals surface area contributed by atoms with Crippen LogP contribution < -0.4 is 10.2 Å². The Morgan fingerprint density at radius 1 is 1.09 bits per heavy atom. The number of aromatic nitrogens is 4. The van der Waals surface area contributed by atoms with Crippen molar-refractivity contribution in [3.63, 3.8) is 0 Å². The summed E-state index contributed by atoms with van der Waals surface area (Å²) in [5.74, 6) is -0.204. The van der Waals surface area contributed by atoms with Crippen LogP contribution in [0, 0.1) is 5.92 Å². The van der Waals surface area contributed by atoms with Gasteiger partial charge in [0.2, 0.25) is 11.8 Å². The van der Waals surface area contributed by atoms with E-state index in [4.69, 9.17) is 11.6 Å². The van der Waals surface area contributed by atoms with E-state index in [-0.39, 0.29) is 18.4 Å². The molecule has 2 aromatic heterocycles. The molecule has 4 aromatic rings. The van der Waals surface area contributed by atoms with Crippen LogP contribution in [0.25, 0.3) is 11.0 Å². The number of halogens is 1. The molecule has 0 saturated carbocycles. The van der Waals surface area contributed by atoms with Crippen LogP contribution in [0.5, 0.6) is 0 Å². The fourth-order valence-electron chi connectivity index (χ4n) is 3.84. The van der Waals surface area contributed by atoms with Gasteiger partial charge in [-0.3, -0.25) is 19.5 Å². The first kappa shape index (κ1) is 24.3. The van der Waals surface area contributed by atoms with Crippen molar-refractivity contribution < 1.29 is 9.59 Å². The second kappa shape index (κ2) is 11.1. The van der Waals surface area contributed by atoms with Gasteiger partial charge in [-0.25, -0.2) is 4.68 Å². The first-order chi connectivity index (χ1) is 16.9. The number of benzene rings is 2. The summed E-state index contributed by atoms with van der Waals surface area (Å²) >= 11 is 6.28. The predicted molar refractivity (Wildman–Crippen MR) is 136 cm³/mol. The molecule has 0 aliphatic carbocycles. The summed E-state index contributed by atoms with van der Waals surface area (Å²) in [5.41, 5.74) is 2.50. The number of hydrogen-bond acceptors (Lipinski definition) is 5. The third-order valence-electron chi connectivity index (χ3n) is 5.59. The number of fused-ring (bicyclic) bond motifs is 1. The first-order valence-corrected chi connectivity index (χ1v) is 11.9. The smallest absolute Gasteiger partial charge is 0.249 e. The zero-order valence-electron chi connectivity index (χ0n) is 19.6. The second-order valence-corrected chi connectivity index (χ2v) is 9.08. The van der Waals surface area contributed by atoms with Crippen LogP contribution in [-0.4, -0.2) is 38.3 Å². The number of nitrogens with one attached hydrogen (secondary N) is 1. The van der Waals surface area contributed by atoms with E-state index in [9.17, 15) is 9.59 Å². The zero-order valence-corrected chi connectivity index (χ0v) is 20.4. The summed E-state index contributed by atoms with van der Waals surface area (Å²) in [5, 5.41) is 11.7. The molecule has 0 spiro atoms. The van der Waals surface area contributed by atoms with E-state index in [0.717, 1.165) is 11.9 Å². The topological polar surface area (TPSA) is 93.0 Å². The highest BCUT2D eigenvalue weighted by Gasteiger charge is 2.33. The van der Waals surface area contributed by atoms with Crippen molar-refractivity contribution >= 4 is 40.1 Å². The Labute approximate surface area is 208 Å². The molecule has 2 amide bonds. The molecule has 0 aliphatic rings. The van der Waals surface area contributed by atoms with E-state index in [0.29, 0.717) is 34.3 Å². The summed E-state index contributed by atoms with van der Waals surface area (Å²) in [6.45, 7) is 4.58. The minimum Gasteiger partial charge on any atom is -0.354 e. The molecule has 0 saturated heterocycles. The van der Waals surface area contributed by atoms with Crippen LogP contribution in [0.3, 0.4) is 0 Å². The third kappa shape index (κ3) is 5.84. The maximum Gasteiger partial charge on any atom is 0.249 e. The average molecular weight is 491 g/mol. The molecule has 0 bridgehead atoms. The summed E-state index contributed by atoms with van der Waals surface area (Å²) in [6.07, 6.45) is 4.05. The number of hydrogen-bond donors (Lipinski definition) is 1. The van der Waals surface area contributed by atoms with Crippen molar-refractivity contribution in [2.75, 3.05) is 11.4 Å². The lowest BCUT2D eigenvalue weighted by Gasteiger charge is -2.31. The maximum absolute atomic E-state index is 13.9. The summed E-state index contributed by atoms with van der Waals surface area (Å²) < 4.78 is 1.53. The van der Waals surface area contributed by atoms with Gasteiger partial charge in [0, 0.05) is 35.2 Å². The van der Waals surface area contributed by atoms with Crippen LogP contribution in [-0.2, 0) is 16.1 Å². The number of pyridine rings is 1. The number of amides is 2. The summed E-state index contributed by atoms with van der Waals surface area (Å²) in [4.78, 5) is 33.1. The highest BCUT2D eigenvalue weighted by atomic mass is 35.5. The van der Waals surface area contributed by atoms with Crippen molar-refractivity contribution in [3.05, 3.63) is 83.6 Å². The van der Waals surface area contributed by atoms with Crippen LogP contribution >= 0.6 is 11.6 Å². The van der Waals surface area contributed by atoms with Crippen LogP contribution in [0.15, 0.2) is 73.1 Å². The van der Waals surface area contributed by atoms with E-state index >= 15 is 0 Å². The number of para-hydroxylation sites is 1. The standard InChI is InChI=1S/C26H27ClN6O2/c1-18(2)12-14-29-26(35)25(19-7-6-13-28-16-19)33(21-9-5-8-20(27)15-21)24(34)17-32-23-11-4-3-10-22(23)30-31-32/h3-11,13,15-16,18,25H,12,14,17H2,1-2H3,(H,29,35)/t25-/m1/s1. The van der Waals surface area contributed by atoms with Crippen LogP contribution in [0.4, 0.5) is 5.69 Å². The molecule has 180 valence electrons. The van der Waals surface area contributed by atoms with Crippen molar-refractivity contribution in [1.82, 2.24) is 25.3 Å². The van der Waals surface area contributed by atoms with Gasteiger partial charge in [0.15, 0.2) is 0 Å². The number of anilines is 1. The third-order valence-corrected chi connectivity index (χ3v) is 5.82. The largest absolute Gasteiger partial charge is 0.354 e. The van der Waals surface area contributed by atoms with Gasteiger partial charge in [0.25, 0.3) is 0 Å². The molecule has 9 heteroatoms. The second-order valence-electron chi connectivity index (χ2n) is 8.64. The first-order valence-electron chi connectivity index (χ1n) is 11.5. The average Bonchev–Trinajstić information content (AvgIpc) is 3.25. The predicted octanol–water partition coefficient (Wildman–Crippen LogP) is 4.42. The van der Waals surface area contributed by atoms with Gasteiger partial charge >= 0.3 is 0 Å². The molecule has 0 fully saturated rings. The highest BCUT2D eigenvalue weighted by molar-refractivity contribution is 6.31. The summed E-state index contributed by atoms with van der Waals surface area (Å²) in [7, 11) is 0. The fraction of sp³-hybridized carbons (Fsp3) is 0.269. The number of carbonyl (C=O) groups is 2. The van der Waals surface area contributed by atoms with E-state index in [1.807, 2.05) is 24.3 Å². The highest BCUT2D eigenvalue weighted by Crippen LogP contribution is 2.30. The molecular formula is C26H27ClN6O2. The molecule has 0 aliphatic heterocycles. The Morgan fingerprint density at radius 3 is 2.66 bits per heavy atom. The quantitative estimate of drug-likeness (QED) is 0.375. The van der Waals surface area contributed by atoms with E-state index < -0.39 is 6.04 Å². The Hall–Kier alpha value is -3.78. The summed E-state index contributed by atoms with van der Waals surface area (Å²) in [6, 6.07) is 16.9. The van der Waals surface area contributed by atoms with Gasteiger partial charge in [-0.15, -0.1) is 5.10 Å². The van der Waals surface area contributed by atoms with Gasteiger partial charge in [-0.05, 0) is 48.7 Å². The van der Waals surface area contributed by atoms with E-state index in [1.165, 1.54) is 9.58 Å². The SMILES string of the molecule is CC(C)CCNC(=O)[C@@H](c1cccnc1)N(C(=O)Cn1nnc2ccccc21)c1cccc(Cl)c1. The lowest BCUT2D eigenvalue weighted by atomic mass is 10.0. The molecule has 35 heavy (non-hydrogen) atoms. The van der Waals surface area contributed by atoms with Gasteiger partial charge in [-0.2, -0.15) is 0 Å². The normalized spacial score (nSPS) is 12.0. The molecule has 0 unspecified atom stereocenters. The van der Waals surface area contributed by atoms with E-state index in [2.05, 4.69) is 34.5 Å². The monoisotopic (exact) mass is 490 g/mol. The molecule has 4 rings (SSSR count). The van der Waals surface area contributed by atoms with Gasteiger partial charge < -0.3 is 5.32 Å². The van der Waals surface area contributed by atoms with Crippen LogP contribution in [0.2, 0.25) is 5.02 Å². The van der Waals surface area contributed by atoms with Crippen molar-refractivity contribution in [1.29, 1.82) is 0 Å². The lowest BCUT2D eigenvalue weighted by Crippen LogP contribution is -2.45. The fourth-order valence-corrected chi connectivity index (χ4v) is 4.02. The Morgan fingerprint density at radius 2 is 1.91 bits per heavy atom. The van der Waals surface area contributed by atoms with E-state index in [1.54, 1.807) is 48.8 Å². The number of carbonyl (C=O) groups excluding carboxylic acids is 2. The number of nitrogens with zero attached hydrogens (tertiary/aromatic N) is 5. The Bertz CT molecular complexity index is 1310. The number of rotatable bonds is 9. The minimum atomic E-state index is -0.948. The van der Waals surface area contributed by atoms with Gasteiger partial charge in [0.1, 0.15) is 18.1 Å². The molecule has 0 radical (unpaired) electrons. The van der Waals surface area contributed by atoms with Crippen LogP contribution in [0.1, 0.15) is 31.9 Å². The molecule has 2 aromatic carbocycles. The Kier molecular flexibility index (Phi) is 7.72. The maximum atomic E-state index is 13.9.